The number of carbonyl (C=O) groups excluding carboxylic acids is 3. The first-order valence-electron chi connectivity index (χ1n) is 12.7. The predicted molar refractivity (Wildman–Crippen MR) is 156 cm³/mol. The van der Waals surface area contributed by atoms with Crippen LogP contribution in [0.4, 0.5) is 16.2 Å². The van der Waals surface area contributed by atoms with Crippen LogP contribution in [0.2, 0.25) is 5.02 Å². The van der Waals surface area contributed by atoms with Crippen molar-refractivity contribution in [3.05, 3.63) is 89.4 Å². The molecule has 12 heteroatoms. The highest BCUT2D eigenvalue weighted by molar-refractivity contribution is 7.92. The summed E-state index contributed by atoms with van der Waals surface area (Å²) >= 11 is 6.09. The van der Waals surface area contributed by atoms with Gasteiger partial charge in [0.05, 0.1) is 16.7 Å². The number of benzene rings is 3. The highest BCUT2D eigenvalue weighted by Gasteiger charge is 2.32. The number of anilines is 2. The van der Waals surface area contributed by atoms with Gasteiger partial charge in [-0.2, -0.15) is 0 Å². The number of esters is 1. The third kappa shape index (κ3) is 8.95. The Morgan fingerprint density at radius 2 is 1.63 bits per heavy atom. The summed E-state index contributed by atoms with van der Waals surface area (Å²) in [6.07, 6.45) is -1.24. The summed E-state index contributed by atoms with van der Waals surface area (Å²) in [5, 5.41) is 5.41. The number of carbonyl (C=O) groups is 3. The average molecular weight is 602 g/mol. The molecule has 0 saturated carbocycles. The van der Waals surface area contributed by atoms with Crippen LogP contribution in [0, 0.1) is 0 Å². The molecule has 0 atom stereocenters. The molecule has 0 aliphatic heterocycles. The van der Waals surface area contributed by atoms with Crippen LogP contribution in [-0.2, 0) is 35.7 Å². The first-order chi connectivity index (χ1) is 19.3. The van der Waals surface area contributed by atoms with Crippen molar-refractivity contribution in [1.29, 1.82) is 0 Å². The Morgan fingerprint density at radius 3 is 2.29 bits per heavy atom. The molecular formula is C29H32ClN3O7S. The highest BCUT2D eigenvalue weighted by Crippen LogP contribution is 2.28. The summed E-state index contributed by atoms with van der Waals surface area (Å²) in [4.78, 5) is 37.6. The molecule has 0 aliphatic carbocycles. The number of hydrogen-bond donors (Lipinski definition) is 2. The van der Waals surface area contributed by atoms with Gasteiger partial charge in [0.25, 0.3) is 10.0 Å². The van der Waals surface area contributed by atoms with E-state index in [1.54, 1.807) is 38.1 Å². The number of rotatable bonds is 11. The number of nitrogens with one attached hydrogen (secondary N) is 2. The molecule has 3 aromatic rings. The van der Waals surface area contributed by atoms with Crippen LogP contribution in [0.25, 0.3) is 0 Å². The molecule has 0 aromatic heterocycles. The SMILES string of the molecule is CC(C)OC(=O)CN(c1cccc(Cl)c1)S(=O)(=O)c1cccc(NC(=O)C(C)(C)NC(=O)OCc2ccccc2)c1. The minimum absolute atomic E-state index is 0.0259. The Bertz CT molecular complexity index is 1500. The molecule has 41 heavy (non-hydrogen) atoms. The van der Waals surface area contributed by atoms with Gasteiger partial charge in [0, 0.05) is 10.7 Å². The second-order valence-corrected chi connectivity index (χ2v) is 12.1. The molecule has 3 aromatic carbocycles. The van der Waals surface area contributed by atoms with Gasteiger partial charge < -0.3 is 20.1 Å². The van der Waals surface area contributed by atoms with E-state index >= 15 is 0 Å². The summed E-state index contributed by atoms with van der Waals surface area (Å²) in [6, 6.07) is 20.6. The van der Waals surface area contributed by atoms with Gasteiger partial charge in [-0.1, -0.05) is 54.1 Å². The van der Waals surface area contributed by atoms with Crippen LogP contribution in [0.3, 0.4) is 0 Å². The predicted octanol–water partition coefficient (Wildman–Crippen LogP) is 5.13. The molecule has 0 aliphatic rings. The van der Waals surface area contributed by atoms with E-state index in [1.165, 1.54) is 50.2 Å². The maximum atomic E-state index is 13.7. The van der Waals surface area contributed by atoms with E-state index in [4.69, 9.17) is 21.1 Å². The van der Waals surface area contributed by atoms with E-state index in [2.05, 4.69) is 10.6 Å². The first kappa shape index (κ1) is 31.4. The Hall–Kier alpha value is -4.09. The Labute approximate surface area is 244 Å². The monoisotopic (exact) mass is 601 g/mol. The molecule has 218 valence electrons. The molecule has 2 N–H and O–H groups in total. The summed E-state index contributed by atoms with van der Waals surface area (Å²) in [6.45, 7) is 5.70. The normalized spacial score (nSPS) is 11.5. The zero-order chi connectivity index (χ0) is 30.2. The zero-order valence-electron chi connectivity index (χ0n) is 23.1. The van der Waals surface area contributed by atoms with Gasteiger partial charge in [-0.3, -0.25) is 13.9 Å². The van der Waals surface area contributed by atoms with Crippen molar-refractivity contribution in [2.45, 2.75) is 50.8 Å². The lowest BCUT2D eigenvalue weighted by molar-refractivity contribution is -0.145. The van der Waals surface area contributed by atoms with Gasteiger partial charge in [0.2, 0.25) is 5.91 Å². The zero-order valence-corrected chi connectivity index (χ0v) is 24.7. The second kappa shape index (κ2) is 13.5. The van der Waals surface area contributed by atoms with Crippen molar-refractivity contribution in [3.63, 3.8) is 0 Å². The fourth-order valence-electron chi connectivity index (χ4n) is 3.58. The van der Waals surface area contributed by atoms with E-state index in [9.17, 15) is 22.8 Å². The number of amides is 2. The topological polar surface area (TPSA) is 131 Å². The van der Waals surface area contributed by atoms with Crippen LogP contribution in [-0.4, -0.2) is 44.6 Å². The Balaban J connectivity index is 1.78. The molecule has 0 saturated heterocycles. The fourth-order valence-corrected chi connectivity index (χ4v) is 5.22. The number of nitrogens with zero attached hydrogens (tertiary/aromatic N) is 1. The van der Waals surface area contributed by atoms with Crippen molar-refractivity contribution >= 4 is 51.0 Å². The van der Waals surface area contributed by atoms with E-state index in [-0.39, 0.29) is 27.9 Å². The van der Waals surface area contributed by atoms with Crippen LogP contribution in [0.1, 0.15) is 33.3 Å². The van der Waals surface area contributed by atoms with E-state index in [0.29, 0.717) is 0 Å². The minimum atomic E-state index is -4.32. The standard InChI is InChI=1S/C29H32ClN3O7S/c1-20(2)40-26(34)18-33(24-14-8-12-22(30)16-24)41(37,38)25-15-9-13-23(17-25)31-27(35)29(3,4)32-28(36)39-19-21-10-6-5-7-11-21/h5-17,20H,18-19H2,1-4H3,(H,31,35)(H,32,36). The summed E-state index contributed by atoms with van der Waals surface area (Å²) in [7, 11) is -4.32. The number of alkyl carbamates (subject to hydrolysis) is 1. The van der Waals surface area contributed by atoms with Gasteiger partial charge in [-0.25, -0.2) is 13.2 Å². The Kier molecular flexibility index (Phi) is 10.4. The van der Waals surface area contributed by atoms with Crippen molar-refractivity contribution in [3.8, 4) is 0 Å². The van der Waals surface area contributed by atoms with Gasteiger partial charge in [-0.05, 0) is 69.7 Å². The van der Waals surface area contributed by atoms with E-state index < -0.39 is 46.2 Å². The maximum Gasteiger partial charge on any atom is 0.408 e. The number of halogens is 1. The van der Waals surface area contributed by atoms with Crippen LogP contribution in [0.15, 0.2) is 83.8 Å². The van der Waals surface area contributed by atoms with Gasteiger partial charge in [0.15, 0.2) is 0 Å². The third-order valence-corrected chi connectivity index (χ3v) is 7.62. The molecule has 0 fully saturated rings. The number of ether oxygens (including phenoxy) is 2. The first-order valence-corrected chi connectivity index (χ1v) is 14.5. The molecule has 0 bridgehead atoms. The molecule has 0 radical (unpaired) electrons. The average Bonchev–Trinajstić information content (AvgIpc) is 2.90. The molecule has 0 spiro atoms. The molecular weight excluding hydrogens is 570 g/mol. The lowest BCUT2D eigenvalue weighted by Gasteiger charge is -2.26. The third-order valence-electron chi connectivity index (χ3n) is 5.61. The number of hydrogen-bond acceptors (Lipinski definition) is 7. The second-order valence-electron chi connectivity index (χ2n) is 9.82. The smallest absolute Gasteiger partial charge is 0.408 e. The number of sulfonamides is 1. The largest absolute Gasteiger partial charge is 0.462 e. The van der Waals surface area contributed by atoms with Gasteiger partial charge >= 0.3 is 12.1 Å². The quantitative estimate of drug-likeness (QED) is 0.291. The minimum Gasteiger partial charge on any atom is -0.462 e. The Morgan fingerprint density at radius 1 is 0.951 bits per heavy atom. The van der Waals surface area contributed by atoms with Crippen LogP contribution >= 0.6 is 11.6 Å². The molecule has 3 rings (SSSR count). The van der Waals surface area contributed by atoms with Gasteiger partial charge in [0.1, 0.15) is 18.7 Å². The molecule has 10 nitrogen and oxygen atoms in total. The maximum absolute atomic E-state index is 13.7. The summed E-state index contributed by atoms with van der Waals surface area (Å²) in [5.41, 5.74) is -0.311. The van der Waals surface area contributed by atoms with Gasteiger partial charge in [-0.15, -0.1) is 0 Å². The van der Waals surface area contributed by atoms with Crippen molar-refractivity contribution in [2.75, 3.05) is 16.2 Å². The van der Waals surface area contributed by atoms with Crippen LogP contribution in [0.5, 0.6) is 0 Å². The fraction of sp³-hybridized carbons (Fsp3) is 0.276. The van der Waals surface area contributed by atoms with Crippen molar-refractivity contribution < 1.29 is 32.3 Å². The van der Waals surface area contributed by atoms with E-state index in [1.807, 2.05) is 18.2 Å². The van der Waals surface area contributed by atoms with Crippen LogP contribution < -0.4 is 14.9 Å². The van der Waals surface area contributed by atoms with Crippen molar-refractivity contribution in [2.24, 2.45) is 0 Å². The van der Waals surface area contributed by atoms with Crippen molar-refractivity contribution in [1.82, 2.24) is 5.32 Å². The molecule has 0 heterocycles. The summed E-state index contributed by atoms with van der Waals surface area (Å²) < 4.78 is 38.7. The lowest BCUT2D eigenvalue weighted by atomic mass is 10.0. The van der Waals surface area contributed by atoms with E-state index in [0.717, 1.165) is 9.87 Å². The molecule has 2 amide bonds. The summed E-state index contributed by atoms with van der Waals surface area (Å²) in [5.74, 6) is -1.36. The highest BCUT2D eigenvalue weighted by atomic mass is 35.5. The molecule has 0 unspecified atom stereocenters. The lowest BCUT2D eigenvalue weighted by Crippen LogP contribution is -2.52.